The third-order valence-electron chi connectivity index (χ3n) is 5.59. The lowest BCUT2D eigenvalue weighted by Gasteiger charge is -2.34. The van der Waals surface area contributed by atoms with Gasteiger partial charge in [0.2, 0.25) is 5.91 Å². The van der Waals surface area contributed by atoms with Crippen molar-refractivity contribution < 1.29 is 4.79 Å². The van der Waals surface area contributed by atoms with E-state index in [2.05, 4.69) is 29.3 Å². The van der Waals surface area contributed by atoms with Gasteiger partial charge in [-0.05, 0) is 50.6 Å². The maximum absolute atomic E-state index is 12.6. The Morgan fingerprint density at radius 2 is 1.88 bits per heavy atom. The Morgan fingerprint density at radius 3 is 2.50 bits per heavy atom. The fraction of sp³-hybridized carbons (Fsp3) is 0.650. The van der Waals surface area contributed by atoms with Crippen molar-refractivity contribution in [2.75, 3.05) is 33.2 Å². The predicted octanol–water partition coefficient (Wildman–Crippen LogP) is 2.67. The molecule has 1 saturated carbocycles. The van der Waals surface area contributed by atoms with Crippen LogP contribution >= 0.6 is 0 Å². The first-order chi connectivity index (χ1) is 11.6. The number of nitrogens with zero attached hydrogens (tertiary/aromatic N) is 2. The highest BCUT2D eigenvalue weighted by Gasteiger charge is 2.26. The number of benzene rings is 1. The van der Waals surface area contributed by atoms with Crippen LogP contribution in [-0.4, -0.2) is 55.0 Å². The normalized spacial score (nSPS) is 20.8. The number of nitrogens with one attached hydrogen (secondary N) is 1. The molecule has 0 aromatic heterocycles. The zero-order chi connectivity index (χ0) is 16.9. The summed E-state index contributed by atoms with van der Waals surface area (Å²) in [7, 11) is 1.92. The van der Waals surface area contributed by atoms with Crippen molar-refractivity contribution >= 4 is 5.91 Å². The average molecular weight is 329 g/mol. The van der Waals surface area contributed by atoms with Crippen molar-refractivity contribution in [3.8, 4) is 0 Å². The summed E-state index contributed by atoms with van der Waals surface area (Å²) in [5.74, 6) is 1.16. The minimum Gasteiger partial charge on any atom is -0.338 e. The number of likely N-dealkylation sites (tertiary alicyclic amines) is 1. The van der Waals surface area contributed by atoms with Crippen molar-refractivity contribution in [3.05, 3.63) is 35.9 Å². The molecule has 1 saturated heterocycles. The molecule has 4 nitrogen and oxygen atoms in total. The number of carbonyl (C=O) groups is 1. The van der Waals surface area contributed by atoms with Crippen molar-refractivity contribution in [2.45, 2.75) is 44.7 Å². The van der Waals surface area contributed by atoms with E-state index in [0.717, 1.165) is 31.8 Å². The van der Waals surface area contributed by atoms with Gasteiger partial charge >= 0.3 is 0 Å². The quantitative estimate of drug-likeness (QED) is 0.835. The zero-order valence-corrected chi connectivity index (χ0v) is 15.1. The Labute approximate surface area is 146 Å². The largest absolute Gasteiger partial charge is 0.338 e. The first-order valence-electron chi connectivity index (χ1n) is 9.40. The second kappa shape index (κ2) is 8.13. The molecule has 1 N–H and O–H groups in total. The number of rotatable bonds is 7. The van der Waals surface area contributed by atoms with E-state index in [9.17, 15) is 4.79 Å². The maximum Gasteiger partial charge on any atom is 0.236 e. The van der Waals surface area contributed by atoms with Crippen LogP contribution in [0.5, 0.6) is 0 Å². The molecule has 1 aromatic rings. The van der Waals surface area contributed by atoms with Gasteiger partial charge in [-0.25, -0.2) is 0 Å². The number of amides is 1. The van der Waals surface area contributed by atoms with Gasteiger partial charge in [-0.1, -0.05) is 30.3 Å². The summed E-state index contributed by atoms with van der Waals surface area (Å²) in [5, 5.41) is 3.70. The standard InChI is InChI=1S/C20H31N3O/c1-16(18-6-4-3-5-7-18)22(2)20(24)15-23-12-10-19(11-13-23)21-14-17-8-9-17/h3-7,16-17,19,21H,8-15H2,1-2H3. The molecule has 1 atom stereocenters. The van der Waals surface area contributed by atoms with Gasteiger partial charge in [0, 0.05) is 26.2 Å². The Hall–Kier alpha value is -1.39. The van der Waals surface area contributed by atoms with E-state index in [-0.39, 0.29) is 11.9 Å². The molecule has 0 bridgehead atoms. The van der Waals surface area contributed by atoms with Crippen molar-refractivity contribution in [1.82, 2.24) is 15.1 Å². The summed E-state index contributed by atoms with van der Waals surface area (Å²) in [4.78, 5) is 16.8. The van der Waals surface area contributed by atoms with E-state index in [1.807, 2.05) is 30.1 Å². The van der Waals surface area contributed by atoms with Crippen LogP contribution in [0.1, 0.15) is 44.2 Å². The molecule has 2 fully saturated rings. The number of likely N-dealkylation sites (N-methyl/N-ethyl adjacent to an activating group) is 1. The molecule has 1 unspecified atom stereocenters. The van der Waals surface area contributed by atoms with E-state index < -0.39 is 0 Å². The SMILES string of the molecule is CC(c1ccccc1)N(C)C(=O)CN1CCC(NCC2CC2)CC1. The first kappa shape index (κ1) is 17.4. The summed E-state index contributed by atoms with van der Waals surface area (Å²) in [6, 6.07) is 11.0. The molecule has 1 aliphatic heterocycles. The van der Waals surface area contributed by atoms with Crippen LogP contribution in [0.15, 0.2) is 30.3 Å². The summed E-state index contributed by atoms with van der Waals surface area (Å²) in [5.41, 5.74) is 1.19. The smallest absolute Gasteiger partial charge is 0.236 e. The van der Waals surface area contributed by atoms with Crippen LogP contribution in [0, 0.1) is 5.92 Å². The third kappa shape index (κ3) is 4.81. The highest BCUT2D eigenvalue weighted by molar-refractivity contribution is 5.78. The number of hydrogen-bond acceptors (Lipinski definition) is 3. The molecule has 3 rings (SSSR count). The topological polar surface area (TPSA) is 35.6 Å². The van der Waals surface area contributed by atoms with Gasteiger partial charge in [0.25, 0.3) is 0 Å². The van der Waals surface area contributed by atoms with Gasteiger partial charge in [-0.2, -0.15) is 0 Å². The highest BCUT2D eigenvalue weighted by atomic mass is 16.2. The van der Waals surface area contributed by atoms with Gasteiger partial charge in [-0.15, -0.1) is 0 Å². The second-order valence-corrected chi connectivity index (χ2v) is 7.49. The summed E-state index contributed by atoms with van der Waals surface area (Å²) >= 11 is 0. The van der Waals surface area contributed by atoms with Gasteiger partial charge < -0.3 is 10.2 Å². The van der Waals surface area contributed by atoms with Crippen LogP contribution in [0.2, 0.25) is 0 Å². The Morgan fingerprint density at radius 1 is 1.21 bits per heavy atom. The van der Waals surface area contributed by atoms with E-state index in [1.54, 1.807) is 0 Å². The van der Waals surface area contributed by atoms with E-state index in [1.165, 1.54) is 24.9 Å². The van der Waals surface area contributed by atoms with Crippen LogP contribution in [-0.2, 0) is 4.79 Å². The first-order valence-corrected chi connectivity index (χ1v) is 9.40. The number of carbonyl (C=O) groups excluding carboxylic acids is 1. The minimum atomic E-state index is 0.122. The fourth-order valence-corrected chi connectivity index (χ4v) is 3.42. The molecule has 0 radical (unpaired) electrons. The molecular formula is C20H31N3O. The molecule has 4 heteroatoms. The second-order valence-electron chi connectivity index (χ2n) is 7.49. The molecule has 1 aliphatic carbocycles. The van der Waals surface area contributed by atoms with E-state index in [4.69, 9.17) is 0 Å². The Bertz CT molecular complexity index is 521. The van der Waals surface area contributed by atoms with Gasteiger partial charge in [0.1, 0.15) is 0 Å². The van der Waals surface area contributed by atoms with Crippen LogP contribution in [0.4, 0.5) is 0 Å². The Balaban J connectivity index is 1.41. The average Bonchev–Trinajstić information content (AvgIpc) is 3.45. The highest BCUT2D eigenvalue weighted by Crippen LogP contribution is 2.28. The lowest BCUT2D eigenvalue weighted by Crippen LogP contribution is -2.47. The lowest BCUT2D eigenvalue weighted by atomic mass is 10.0. The van der Waals surface area contributed by atoms with Crippen LogP contribution < -0.4 is 5.32 Å². The van der Waals surface area contributed by atoms with Crippen molar-refractivity contribution in [3.63, 3.8) is 0 Å². The summed E-state index contributed by atoms with van der Waals surface area (Å²) in [6.07, 6.45) is 5.15. The molecule has 132 valence electrons. The van der Waals surface area contributed by atoms with Crippen LogP contribution in [0.25, 0.3) is 0 Å². The van der Waals surface area contributed by atoms with Crippen LogP contribution in [0.3, 0.4) is 0 Å². The van der Waals surface area contributed by atoms with Crippen molar-refractivity contribution in [2.24, 2.45) is 5.92 Å². The maximum atomic E-state index is 12.6. The monoisotopic (exact) mass is 329 g/mol. The van der Waals surface area contributed by atoms with Crippen molar-refractivity contribution in [1.29, 1.82) is 0 Å². The molecular weight excluding hydrogens is 298 g/mol. The molecule has 1 heterocycles. The molecule has 0 spiro atoms. The lowest BCUT2D eigenvalue weighted by molar-refractivity contribution is -0.133. The fourth-order valence-electron chi connectivity index (χ4n) is 3.42. The Kier molecular flexibility index (Phi) is 5.90. The molecule has 24 heavy (non-hydrogen) atoms. The van der Waals surface area contributed by atoms with E-state index >= 15 is 0 Å². The zero-order valence-electron chi connectivity index (χ0n) is 15.1. The minimum absolute atomic E-state index is 0.122. The third-order valence-corrected chi connectivity index (χ3v) is 5.59. The van der Waals surface area contributed by atoms with Gasteiger partial charge in [0.15, 0.2) is 0 Å². The number of piperidine rings is 1. The molecule has 2 aliphatic rings. The van der Waals surface area contributed by atoms with E-state index in [0.29, 0.717) is 12.6 Å². The molecule has 1 aromatic carbocycles. The predicted molar refractivity (Wildman–Crippen MR) is 97.8 cm³/mol. The number of hydrogen-bond donors (Lipinski definition) is 1. The summed E-state index contributed by atoms with van der Waals surface area (Å²) < 4.78 is 0. The molecule has 1 amide bonds. The van der Waals surface area contributed by atoms with Gasteiger partial charge in [0.05, 0.1) is 12.6 Å². The summed E-state index contributed by atoms with van der Waals surface area (Å²) in [6.45, 7) is 5.90. The van der Waals surface area contributed by atoms with Gasteiger partial charge in [-0.3, -0.25) is 9.69 Å².